The fourth-order valence-corrected chi connectivity index (χ4v) is 2.93. The number of halogens is 3. The number of methoxy groups -OCH3 is 2. The van der Waals surface area contributed by atoms with Gasteiger partial charge in [0, 0.05) is 6.92 Å². The highest BCUT2D eigenvalue weighted by Crippen LogP contribution is 2.44. The van der Waals surface area contributed by atoms with Gasteiger partial charge < -0.3 is 14.8 Å². The number of alkyl halides is 1. The summed E-state index contributed by atoms with van der Waals surface area (Å²) in [6.07, 6.45) is 2.31. The van der Waals surface area contributed by atoms with Crippen molar-refractivity contribution >= 4 is 29.2 Å². The molecule has 1 amide bonds. The zero-order valence-corrected chi connectivity index (χ0v) is 15.3. The van der Waals surface area contributed by atoms with Crippen molar-refractivity contribution in [3.8, 4) is 0 Å². The van der Waals surface area contributed by atoms with Crippen molar-refractivity contribution in [1.82, 2.24) is 4.98 Å². The molecule has 0 radical (unpaired) electrons. The van der Waals surface area contributed by atoms with Gasteiger partial charge in [-0.25, -0.2) is 18.6 Å². The largest absolute Gasteiger partial charge is 0.495 e. The van der Waals surface area contributed by atoms with Crippen molar-refractivity contribution in [2.45, 2.75) is 25.4 Å². The summed E-state index contributed by atoms with van der Waals surface area (Å²) in [4.78, 5) is 27.4. The normalized spacial score (nSPS) is 22.2. The van der Waals surface area contributed by atoms with E-state index in [4.69, 9.17) is 16.3 Å². The first-order valence-electron chi connectivity index (χ1n) is 7.51. The number of hydrogen-bond acceptors (Lipinski definition) is 5. The van der Waals surface area contributed by atoms with Gasteiger partial charge >= 0.3 is 5.97 Å². The number of anilines is 1. The molecule has 1 aromatic rings. The number of nitrogens with zero attached hydrogens (tertiary/aromatic N) is 1. The minimum absolute atomic E-state index is 0.0434. The lowest BCUT2D eigenvalue weighted by atomic mass is 9.82. The van der Waals surface area contributed by atoms with E-state index in [0.29, 0.717) is 0 Å². The third-order valence-corrected chi connectivity index (χ3v) is 4.25. The molecule has 1 aromatic heterocycles. The van der Waals surface area contributed by atoms with E-state index in [1.807, 2.05) is 0 Å². The molecule has 0 spiro atoms. The first kappa shape index (κ1) is 19.8. The number of allylic oxidation sites excluding steroid dienone is 4. The number of aromatic nitrogens is 1. The Labute approximate surface area is 153 Å². The average Bonchev–Trinajstić information content (AvgIpc) is 2.55. The lowest BCUT2D eigenvalue weighted by Crippen LogP contribution is -2.33. The van der Waals surface area contributed by atoms with Gasteiger partial charge in [-0.3, -0.25) is 4.79 Å². The monoisotopic (exact) mass is 386 g/mol. The van der Waals surface area contributed by atoms with Gasteiger partial charge in [0.2, 0.25) is 5.91 Å². The quantitative estimate of drug-likeness (QED) is 0.798. The number of carbonyl (C=O) groups excluding carboxylic acids is 2. The van der Waals surface area contributed by atoms with Crippen LogP contribution >= 0.6 is 11.6 Å². The van der Waals surface area contributed by atoms with E-state index in [1.165, 1.54) is 19.1 Å². The van der Waals surface area contributed by atoms with Crippen LogP contribution in [0.4, 0.5) is 14.5 Å². The highest BCUT2D eigenvalue weighted by Gasteiger charge is 2.44. The van der Waals surface area contributed by atoms with Gasteiger partial charge in [0.05, 0.1) is 36.5 Å². The summed E-state index contributed by atoms with van der Waals surface area (Å²) in [5.41, 5.74) is -2.48. The van der Waals surface area contributed by atoms with Crippen LogP contribution in [0.2, 0.25) is 5.02 Å². The molecule has 2 unspecified atom stereocenters. The molecule has 9 heteroatoms. The smallest absolute Gasteiger partial charge is 0.358 e. The Hall–Kier alpha value is -2.48. The molecule has 2 atom stereocenters. The predicted octanol–water partition coefficient (Wildman–Crippen LogP) is 3.69. The summed E-state index contributed by atoms with van der Waals surface area (Å²) in [6.45, 7) is 2.38. The molecular weight excluding hydrogens is 370 g/mol. The van der Waals surface area contributed by atoms with Crippen LogP contribution in [0.15, 0.2) is 29.8 Å². The Balaban J connectivity index is 2.64. The number of hydrogen-bond donors (Lipinski definition) is 1. The Morgan fingerprint density at radius 1 is 1.38 bits per heavy atom. The minimum atomic E-state index is -2.28. The molecule has 0 fully saturated rings. The van der Waals surface area contributed by atoms with E-state index in [9.17, 15) is 14.0 Å². The second kappa shape index (κ2) is 7.41. The molecule has 2 rings (SSSR count). The summed E-state index contributed by atoms with van der Waals surface area (Å²) >= 11 is 6.10. The Bertz CT molecular complexity index is 821. The van der Waals surface area contributed by atoms with Crippen LogP contribution in [0.25, 0.3) is 0 Å². The van der Waals surface area contributed by atoms with Crippen molar-refractivity contribution in [2.24, 2.45) is 0 Å². The number of carbonyl (C=O) groups is 2. The Morgan fingerprint density at radius 3 is 2.58 bits per heavy atom. The number of pyridine rings is 1. The van der Waals surface area contributed by atoms with Crippen LogP contribution in [-0.2, 0) is 14.3 Å². The van der Waals surface area contributed by atoms with Gasteiger partial charge in [-0.15, -0.1) is 0 Å². The summed E-state index contributed by atoms with van der Waals surface area (Å²) in [5, 5.41) is 2.30. The van der Waals surface area contributed by atoms with Crippen LogP contribution in [0.5, 0.6) is 0 Å². The van der Waals surface area contributed by atoms with E-state index >= 15 is 4.39 Å². The molecule has 0 saturated carbocycles. The SMILES string of the molecule is COC(=O)c1nc(C2C=CC(F)=C(OC)C2(C)F)cc(NC(C)=O)c1Cl. The fraction of sp³-hybridized carbons (Fsp3) is 0.353. The summed E-state index contributed by atoms with van der Waals surface area (Å²) < 4.78 is 38.6. The zero-order chi connectivity index (χ0) is 19.6. The van der Waals surface area contributed by atoms with E-state index in [1.54, 1.807) is 0 Å². The molecular formula is C17H17ClF2N2O4. The lowest BCUT2D eigenvalue weighted by Gasteiger charge is -2.32. The molecule has 6 nitrogen and oxygen atoms in total. The van der Waals surface area contributed by atoms with Crippen molar-refractivity contribution in [3.05, 3.63) is 46.2 Å². The maximum Gasteiger partial charge on any atom is 0.358 e. The molecule has 0 aromatic carbocycles. The van der Waals surface area contributed by atoms with Crippen LogP contribution in [0.3, 0.4) is 0 Å². The van der Waals surface area contributed by atoms with Gasteiger partial charge in [-0.2, -0.15) is 0 Å². The molecule has 1 heterocycles. The van der Waals surface area contributed by atoms with Crippen LogP contribution < -0.4 is 5.32 Å². The average molecular weight is 387 g/mol. The minimum Gasteiger partial charge on any atom is -0.495 e. The van der Waals surface area contributed by atoms with Gasteiger partial charge in [-0.05, 0) is 19.1 Å². The topological polar surface area (TPSA) is 77.5 Å². The molecule has 0 bridgehead atoms. The van der Waals surface area contributed by atoms with Gasteiger partial charge in [0.25, 0.3) is 0 Å². The predicted molar refractivity (Wildman–Crippen MR) is 91.4 cm³/mol. The highest BCUT2D eigenvalue weighted by atomic mass is 35.5. The Kier molecular flexibility index (Phi) is 5.65. The number of amides is 1. The lowest BCUT2D eigenvalue weighted by molar-refractivity contribution is -0.114. The van der Waals surface area contributed by atoms with Gasteiger partial charge in [0.15, 0.2) is 22.9 Å². The molecule has 0 saturated heterocycles. The molecule has 0 aliphatic heterocycles. The summed E-state index contributed by atoms with van der Waals surface area (Å²) in [5.74, 6) is -3.76. The summed E-state index contributed by atoms with van der Waals surface area (Å²) in [6, 6.07) is 1.32. The standard InChI is InChI=1S/C17H17ClF2N2O4/c1-8(23)21-12-7-11(22-14(13(12)18)16(24)26-4)9-5-6-10(19)15(25-3)17(9,2)20/h5-7,9H,1-4H3,(H,21,22,23). The molecule has 26 heavy (non-hydrogen) atoms. The van der Waals surface area contributed by atoms with Crippen molar-refractivity contribution in [1.29, 1.82) is 0 Å². The first-order chi connectivity index (χ1) is 12.1. The molecule has 140 valence electrons. The van der Waals surface area contributed by atoms with Crippen molar-refractivity contribution in [3.63, 3.8) is 0 Å². The Morgan fingerprint density at radius 2 is 2.04 bits per heavy atom. The van der Waals surface area contributed by atoms with Crippen LogP contribution in [-0.4, -0.2) is 36.7 Å². The first-order valence-corrected chi connectivity index (χ1v) is 7.89. The second-order valence-corrected chi connectivity index (χ2v) is 6.10. The van der Waals surface area contributed by atoms with Crippen LogP contribution in [0, 0.1) is 0 Å². The van der Waals surface area contributed by atoms with E-state index in [2.05, 4.69) is 15.0 Å². The molecule has 1 aliphatic carbocycles. The van der Waals surface area contributed by atoms with Gasteiger partial charge in [0.1, 0.15) is 0 Å². The maximum absolute atomic E-state index is 15.3. The van der Waals surface area contributed by atoms with Crippen molar-refractivity contribution < 1.29 is 27.8 Å². The third kappa shape index (κ3) is 3.55. The van der Waals surface area contributed by atoms with Crippen molar-refractivity contribution in [2.75, 3.05) is 19.5 Å². The number of esters is 1. The second-order valence-electron chi connectivity index (χ2n) is 5.72. The maximum atomic E-state index is 15.3. The van der Waals surface area contributed by atoms with Gasteiger partial charge in [-0.1, -0.05) is 17.7 Å². The van der Waals surface area contributed by atoms with E-state index < -0.39 is 35.0 Å². The number of nitrogens with one attached hydrogen (secondary N) is 1. The zero-order valence-electron chi connectivity index (χ0n) is 14.5. The fourth-order valence-electron chi connectivity index (χ4n) is 2.71. The molecule has 1 aliphatic rings. The number of ether oxygens (including phenoxy) is 2. The van der Waals surface area contributed by atoms with Crippen LogP contribution in [0.1, 0.15) is 35.9 Å². The van der Waals surface area contributed by atoms with E-state index in [-0.39, 0.29) is 22.1 Å². The highest BCUT2D eigenvalue weighted by molar-refractivity contribution is 6.36. The third-order valence-electron chi connectivity index (χ3n) is 3.87. The van der Waals surface area contributed by atoms with E-state index in [0.717, 1.165) is 27.2 Å². The number of rotatable bonds is 4. The molecule has 1 N–H and O–H groups in total. The summed E-state index contributed by atoms with van der Waals surface area (Å²) in [7, 11) is 2.28.